The SMILES string of the molecule is CCC1C(c2cc3ccc(N(C)C(=O)CN4CCOCC4C)cc3[nH]2)=NNC1CCC(C)(C)C. The van der Waals surface area contributed by atoms with E-state index in [0.29, 0.717) is 37.1 Å². The summed E-state index contributed by atoms with van der Waals surface area (Å²) in [5.41, 5.74) is 7.85. The standard InChI is InChI=1S/C27H41N5O2/c1-7-21-22(10-11-27(3,4)5)29-30-26(21)24-14-19-8-9-20(15-23(19)28-24)31(6)25(33)16-32-12-13-34-17-18(32)2/h8-9,14-15,18,21-22,28-29H,7,10-13,16-17H2,1-6H3. The van der Waals surface area contributed by atoms with Gasteiger partial charge in [0.2, 0.25) is 5.91 Å². The van der Waals surface area contributed by atoms with Gasteiger partial charge in [-0.25, -0.2) is 0 Å². The van der Waals surface area contributed by atoms with Gasteiger partial charge in [0.25, 0.3) is 0 Å². The number of H-pyrrole nitrogens is 1. The molecule has 0 bridgehead atoms. The number of hydrogen-bond acceptors (Lipinski definition) is 5. The van der Waals surface area contributed by atoms with Crippen molar-refractivity contribution in [3.05, 3.63) is 30.0 Å². The Hall–Kier alpha value is -2.38. The summed E-state index contributed by atoms with van der Waals surface area (Å²) in [6, 6.07) is 9.02. The van der Waals surface area contributed by atoms with Gasteiger partial charge in [-0.2, -0.15) is 5.10 Å². The van der Waals surface area contributed by atoms with E-state index in [2.05, 4.69) is 68.1 Å². The summed E-state index contributed by atoms with van der Waals surface area (Å²) >= 11 is 0. The molecule has 186 valence electrons. The monoisotopic (exact) mass is 467 g/mol. The molecule has 0 radical (unpaired) electrons. The van der Waals surface area contributed by atoms with Gasteiger partial charge < -0.3 is 20.0 Å². The molecule has 2 N–H and O–H groups in total. The highest BCUT2D eigenvalue weighted by molar-refractivity contribution is 6.06. The van der Waals surface area contributed by atoms with Crippen molar-refractivity contribution < 1.29 is 9.53 Å². The Bertz CT molecular complexity index is 1040. The molecule has 3 heterocycles. The Kier molecular flexibility index (Phi) is 7.33. The normalized spacial score (nSPS) is 23.7. The number of hydrogen-bond donors (Lipinski definition) is 2. The fourth-order valence-corrected chi connectivity index (χ4v) is 4.99. The number of likely N-dealkylation sites (N-methyl/N-ethyl adjacent to an activating group) is 1. The van der Waals surface area contributed by atoms with E-state index in [4.69, 9.17) is 9.84 Å². The number of morpholine rings is 1. The van der Waals surface area contributed by atoms with Crippen LogP contribution in [0.15, 0.2) is 29.4 Å². The average molecular weight is 468 g/mol. The molecule has 7 nitrogen and oxygen atoms in total. The van der Waals surface area contributed by atoms with Crippen LogP contribution in [0.5, 0.6) is 0 Å². The van der Waals surface area contributed by atoms with E-state index in [-0.39, 0.29) is 11.9 Å². The molecule has 0 saturated carbocycles. The van der Waals surface area contributed by atoms with Gasteiger partial charge in [0.05, 0.1) is 37.2 Å². The molecule has 2 aliphatic rings. The maximum Gasteiger partial charge on any atom is 0.240 e. The molecule has 1 aromatic heterocycles. The van der Waals surface area contributed by atoms with Crippen molar-refractivity contribution in [3.63, 3.8) is 0 Å². The van der Waals surface area contributed by atoms with Crippen LogP contribution in [-0.2, 0) is 9.53 Å². The minimum absolute atomic E-state index is 0.0944. The predicted octanol–water partition coefficient (Wildman–Crippen LogP) is 4.38. The Balaban J connectivity index is 1.47. The molecule has 4 rings (SSSR count). The second-order valence-electron chi connectivity index (χ2n) is 11.1. The lowest BCUT2D eigenvalue weighted by atomic mass is 9.83. The van der Waals surface area contributed by atoms with Crippen molar-refractivity contribution in [2.45, 2.75) is 66.0 Å². The third kappa shape index (κ3) is 5.47. The molecule has 1 aromatic carbocycles. The molecule has 1 saturated heterocycles. The van der Waals surface area contributed by atoms with Crippen molar-refractivity contribution in [2.24, 2.45) is 16.4 Å². The van der Waals surface area contributed by atoms with Gasteiger partial charge >= 0.3 is 0 Å². The zero-order valence-electron chi connectivity index (χ0n) is 21.6. The van der Waals surface area contributed by atoms with Crippen LogP contribution < -0.4 is 10.3 Å². The minimum Gasteiger partial charge on any atom is -0.379 e. The molecule has 1 amide bonds. The summed E-state index contributed by atoms with van der Waals surface area (Å²) in [4.78, 5) is 20.5. The second kappa shape index (κ2) is 10.1. The molecule has 3 unspecified atom stereocenters. The Morgan fingerprint density at radius 2 is 2.09 bits per heavy atom. The number of carbonyl (C=O) groups excluding carboxylic acids is 1. The quantitative estimate of drug-likeness (QED) is 0.634. The molecule has 34 heavy (non-hydrogen) atoms. The molecule has 3 atom stereocenters. The van der Waals surface area contributed by atoms with E-state index in [1.165, 1.54) is 6.42 Å². The number of amides is 1. The van der Waals surface area contributed by atoms with Crippen LogP contribution >= 0.6 is 0 Å². The minimum atomic E-state index is 0.0944. The van der Waals surface area contributed by atoms with Crippen molar-refractivity contribution in [1.29, 1.82) is 0 Å². The molecule has 2 aromatic rings. The first kappa shape index (κ1) is 24.7. The Labute approximate surface area is 203 Å². The van der Waals surface area contributed by atoms with Gasteiger partial charge in [-0.3, -0.25) is 9.69 Å². The van der Waals surface area contributed by atoms with Gasteiger partial charge in [-0.05, 0) is 49.8 Å². The van der Waals surface area contributed by atoms with Gasteiger partial charge in [0.15, 0.2) is 0 Å². The molecule has 0 aliphatic carbocycles. The summed E-state index contributed by atoms with van der Waals surface area (Å²) in [5, 5.41) is 5.88. The highest BCUT2D eigenvalue weighted by atomic mass is 16.5. The highest BCUT2D eigenvalue weighted by Crippen LogP contribution is 2.31. The summed E-state index contributed by atoms with van der Waals surface area (Å²) in [5.74, 6) is 0.492. The number of hydrazone groups is 1. The Morgan fingerprint density at radius 1 is 1.29 bits per heavy atom. The molecule has 1 fully saturated rings. The van der Waals surface area contributed by atoms with Gasteiger partial charge in [-0.15, -0.1) is 0 Å². The predicted molar refractivity (Wildman–Crippen MR) is 139 cm³/mol. The summed E-state index contributed by atoms with van der Waals surface area (Å²) in [7, 11) is 1.86. The maximum atomic E-state index is 13.0. The van der Waals surface area contributed by atoms with E-state index in [1.54, 1.807) is 4.90 Å². The largest absolute Gasteiger partial charge is 0.379 e. The van der Waals surface area contributed by atoms with Gasteiger partial charge in [0.1, 0.15) is 0 Å². The highest BCUT2D eigenvalue weighted by Gasteiger charge is 2.32. The van der Waals surface area contributed by atoms with Crippen molar-refractivity contribution in [1.82, 2.24) is 15.3 Å². The number of anilines is 1. The first-order valence-electron chi connectivity index (χ1n) is 12.7. The van der Waals surface area contributed by atoms with E-state index in [1.807, 2.05) is 13.1 Å². The van der Waals surface area contributed by atoms with E-state index in [0.717, 1.165) is 47.4 Å². The topological polar surface area (TPSA) is 73.0 Å². The Morgan fingerprint density at radius 3 is 2.79 bits per heavy atom. The number of nitrogens with zero attached hydrogens (tertiary/aromatic N) is 3. The molecular weight excluding hydrogens is 426 g/mol. The van der Waals surface area contributed by atoms with E-state index < -0.39 is 0 Å². The first-order valence-corrected chi connectivity index (χ1v) is 12.7. The fourth-order valence-electron chi connectivity index (χ4n) is 4.99. The van der Waals surface area contributed by atoms with Crippen molar-refractivity contribution in [3.8, 4) is 0 Å². The van der Waals surface area contributed by atoms with E-state index >= 15 is 0 Å². The molecule has 7 heteroatoms. The van der Waals surface area contributed by atoms with Crippen LogP contribution in [0.1, 0.15) is 59.6 Å². The zero-order valence-corrected chi connectivity index (χ0v) is 21.6. The third-order valence-electron chi connectivity index (χ3n) is 7.32. The number of aromatic amines is 1. The number of nitrogens with one attached hydrogen (secondary N) is 2. The van der Waals surface area contributed by atoms with E-state index in [9.17, 15) is 4.79 Å². The molecule has 2 aliphatic heterocycles. The summed E-state index contributed by atoms with van der Waals surface area (Å²) in [6.07, 6.45) is 3.34. The number of carbonyl (C=O) groups is 1. The average Bonchev–Trinajstić information content (AvgIpc) is 3.40. The maximum absolute atomic E-state index is 13.0. The fraction of sp³-hybridized carbons (Fsp3) is 0.630. The number of benzene rings is 1. The van der Waals surface area contributed by atoms with Crippen molar-refractivity contribution >= 4 is 28.2 Å². The van der Waals surface area contributed by atoms with Crippen LogP contribution in [0.25, 0.3) is 10.9 Å². The molecule has 0 spiro atoms. The van der Waals surface area contributed by atoms with Crippen LogP contribution in [0.2, 0.25) is 0 Å². The number of fused-ring (bicyclic) bond motifs is 1. The lowest BCUT2D eigenvalue weighted by Crippen LogP contribution is -2.48. The van der Waals surface area contributed by atoms with Crippen LogP contribution in [0.4, 0.5) is 5.69 Å². The lowest BCUT2D eigenvalue weighted by Gasteiger charge is -2.33. The van der Waals surface area contributed by atoms with Crippen LogP contribution in [0, 0.1) is 11.3 Å². The van der Waals surface area contributed by atoms with Crippen molar-refractivity contribution in [2.75, 3.05) is 38.3 Å². The summed E-state index contributed by atoms with van der Waals surface area (Å²) in [6.45, 7) is 13.8. The second-order valence-corrected chi connectivity index (χ2v) is 11.1. The first-order chi connectivity index (χ1) is 16.2. The number of rotatable bonds is 7. The lowest BCUT2D eigenvalue weighted by molar-refractivity contribution is -0.121. The molecular formula is C27H41N5O2. The zero-order chi connectivity index (χ0) is 24.5. The number of aromatic nitrogens is 1. The van der Waals surface area contributed by atoms with Gasteiger partial charge in [0, 0.05) is 42.1 Å². The van der Waals surface area contributed by atoms with Crippen LogP contribution in [-0.4, -0.2) is 66.9 Å². The summed E-state index contributed by atoms with van der Waals surface area (Å²) < 4.78 is 5.50. The third-order valence-corrected chi connectivity index (χ3v) is 7.32. The van der Waals surface area contributed by atoms with Gasteiger partial charge in [-0.1, -0.05) is 33.8 Å². The smallest absolute Gasteiger partial charge is 0.240 e. The van der Waals surface area contributed by atoms with Crippen LogP contribution in [0.3, 0.4) is 0 Å². The number of ether oxygens (including phenoxy) is 1.